The first kappa shape index (κ1) is 21.6. The molecule has 1 saturated heterocycles. The lowest BCUT2D eigenvalue weighted by Gasteiger charge is -2.33. The monoisotopic (exact) mass is 433 g/mol. The van der Waals surface area contributed by atoms with Gasteiger partial charge in [0.15, 0.2) is 0 Å². The maximum Gasteiger partial charge on any atom is 0.417 e. The van der Waals surface area contributed by atoms with Crippen LogP contribution in [-0.2, 0) is 4.79 Å². The molecule has 0 atom stereocenters. The fraction of sp³-hybridized carbons (Fsp3) is 0.783. The summed E-state index contributed by atoms with van der Waals surface area (Å²) in [5, 5.41) is 2.90. The molecule has 2 saturated carbocycles. The average molecular weight is 434 g/mol. The summed E-state index contributed by atoms with van der Waals surface area (Å²) in [5.41, 5.74) is 0. The summed E-state index contributed by atoms with van der Waals surface area (Å²) in [6.07, 6.45) is 10.4. The standard InChI is InChI=1S/C23H35N3O3S/c1-16(2)14-21(27)25-12-10-17(11-13-25)22-24-20(15-30-22)29-23(28)26(19-8-9-19)18-6-4-3-5-7-18/h15-19H,3-14H2,1-2H3. The first-order valence-electron chi connectivity index (χ1n) is 11.7. The van der Waals surface area contributed by atoms with Gasteiger partial charge in [-0.25, -0.2) is 9.78 Å². The lowest BCUT2D eigenvalue weighted by Crippen LogP contribution is -2.44. The van der Waals surface area contributed by atoms with E-state index >= 15 is 0 Å². The summed E-state index contributed by atoms with van der Waals surface area (Å²) < 4.78 is 5.73. The van der Waals surface area contributed by atoms with Gasteiger partial charge in [0.25, 0.3) is 0 Å². The molecule has 1 aromatic heterocycles. The van der Waals surface area contributed by atoms with E-state index in [1.807, 2.05) is 15.2 Å². The van der Waals surface area contributed by atoms with Gasteiger partial charge in [0.05, 0.1) is 10.4 Å². The number of aromatic nitrogens is 1. The first-order valence-corrected chi connectivity index (χ1v) is 12.6. The van der Waals surface area contributed by atoms with E-state index in [9.17, 15) is 9.59 Å². The lowest BCUT2D eigenvalue weighted by molar-refractivity contribution is -0.133. The van der Waals surface area contributed by atoms with Crippen molar-refractivity contribution in [2.24, 2.45) is 5.92 Å². The maximum atomic E-state index is 12.9. The summed E-state index contributed by atoms with van der Waals surface area (Å²) in [6.45, 7) is 5.76. The lowest BCUT2D eigenvalue weighted by atomic mass is 9.94. The van der Waals surface area contributed by atoms with Gasteiger partial charge in [-0.15, -0.1) is 11.3 Å². The first-order chi connectivity index (χ1) is 14.5. The van der Waals surface area contributed by atoms with Crippen LogP contribution in [-0.4, -0.2) is 52.0 Å². The second kappa shape index (κ2) is 9.67. The highest BCUT2D eigenvalue weighted by Gasteiger charge is 2.39. The Morgan fingerprint density at radius 2 is 1.77 bits per heavy atom. The van der Waals surface area contributed by atoms with E-state index in [0.29, 0.717) is 36.2 Å². The third-order valence-electron chi connectivity index (χ3n) is 6.59. The maximum absolute atomic E-state index is 12.9. The number of amides is 2. The molecule has 2 amide bonds. The smallest absolute Gasteiger partial charge is 0.390 e. The number of hydrogen-bond acceptors (Lipinski definition) is 5. The van der Waals surface area contributed by atoms with Crippen LogP contribution < -0.4 is 4.74 Å². The number of hydrogen-bond donors (Lipinski definition) is 0. The largest absolute Gasteiger partial charge is 0.417 e. The van der Waals surface area contributed by atoms with E-state index in [0.717, 1.165) is 56.6 Å². The highest BCUT2D eigenvalue weighted by molar-refractivity contribution is 7.09. The normalized spacial score (nSPS) is 21.1. The third-order valence-corrected chi connectivity index (χ3v) is 7.58. The number of carbonyl (C=O) groups is 2. The van der Waals surface area contributed by atoms with Crippen LogP contribution in [0.15, 0.2) is 5.38 Å². The molecule has 0 spiro atoms. The van der Waals surface area contributed by atoms with E-state index in [1.165, 1.54) is 19.3 Å². The van der Waals surface area contributed by atoms with Gasteiger partial charge in [-0.1, -0.05) is 33.1 Å². The number of nitrogens with zero attached hydrogens (tertiary/aromatic N) is 3. The highest BCUT2D eigenvalue weighted by Crippen LogP contribution is 2.36. The van der Waals surface area contributed by atoms with Crippen molar-refractivity contribution in [2.75, 3.05) is 13.1 Å². The summed E-state index contributed by atoms with van der Waals surface area (Å²) in [7, 11) is 0. The molecule has 2 aliphatic carbocycles. The van der Waals surface area contributed by atoms with Crippen molar-refractivity contribution >= 4 is 23.3 Å². The number of rotatable bonds is 6. The van der Waals surface area contributed by atoms with Crippen molar-refractivity contribution < 1.29 is 14.3 Å². The Labute approximate surface area is 184 Å². The molecule has 0 unspecified atom stereocenters. The van der Waals surface area contributed by atoms with Gasteiger partial charge in [0.1, 0.15) is 0 Å². The minimum Gasteiger partial charge on any atom is -0.390 e. The Kier molecular flexibility index (Phi) is 6.96. The SMILES string of the molecule is CC(C)CC(=O)N1CCC(c2nc(OC(=O)N(C3CCCCC3)C3CC3)cs2)CC1. The minimum atomic E-state index is -0.213. The van der Waals surface area contributed by atoms with Gasteiger partial charge in [0, 0.05) is 37.5 Å². The number of carbonyl (C=O) groups excluding carboxylic acids is 2. The molecular weight excluding hydrogens is 398 g/mol. The summed E-state index contributed by atoms with van der Waals surface area (Å²) >= 11 is 1.58. The van der Waals surface area contributed by atoms with Gasteiger partial charge < -0.3 is 14.5 Å². The molecule has 30 heavy (non-hydrogen) atoms. The van der Waals surface area contributed by atoms with Crippen LogP contribution in [0.2, 0.25) is 0 Å². The summed E-state index contributed by atoms with van der Waals surface area (Å²) in [5.74, 6) is 1.46. The Bertz CT molecular complexity index is 732. The molecule has 3 aliphatic rings. The third kappa shape index (κ3) is 5.34. The van der Waals surface area contributed by atoms with E-state index in [4.69, 9.17) is 4.74 Å². The number of ether oxygens (including phenoxy) is 1. The van der Waals surface area contributed by atoms with Gasteiger partial charge >= 0.3 is 6.09 Å². The zero-order valence-electron chi connectivity index (χ0n) is 18.3. The molecule has 0 N–H and O–H groups in total. The fourth-order valence-corrected chi connectivity index (χ4v) is 5.70. The van der Waals surface area contributed by atoms with Crippen LogP contribution in [0.3, 0.4) is 0 Å². The van der Waals surface area contributed by atoms with Crippen molar-refractivity contribution in [3.63, 3.8) is 0 Å². The molecule has 0 aromatic carbocycles. The summed E-state index contributed by atoms with van der Waals surface area (Å²) in [6, 6.07) is 0.705. The van der Waals surface area contributed by atoms with Crippen molar-refractivity contribution in [3.8, 4) is 5.88 Å². The predicted molar refractivity (Wildman–Crippen MR) is 118 cm³/mol. The van der Waals surface area contributed by atoms with Crippen molar-refractivity contribution in [1.29, 1.82) is 0 Å². The number of piperidine rings is 1. The molecule has 166 valence electrons. The Balaban J connectivity index is 1.31. The van der Waals surface area contributed by atoms with Crippen LogP contribution >= 0.6 is 11.3 Å². The Morgan fingerprint density at radius 1 is 1.10 bits per heavy atom. The summed E-state index contributed by atoms with van der Waals surface area (Å²) in [4.78, 5) is 33.8. The van der Waals surface area contributed by atoms with Crippen molar-refractivity contribution in [1.82, 2.24) is 14.8 Å². The van der Waals surface area contributed by atoms with Gasteiger partial charge in [0.2, 0.25) is 11.8 Å². The van der Waals surface area contributed by atoms with Gasteiger partial charge in [-0.2, -0.15) is 0 Å². The highest BCUT2D eigenvalue weighted by atomic mass is 32.1. The molecule has 4 rings (SSSR count). The van der Waals surface area contributed by atoms with Crippen molar-refractivity contribution in [3.05, 3.63) is 10.4 Å². The average Bonchev–Trinajstić information content (AvgIpc) is 3.45. The van der Waals surface area contributed by atoms with Crippen molar-refractivity contribution in [2.45, 2.75) is 96.1 Å². The second-order valence-corrected chi connectivity index (χ2v) is 10.5. The molecule has 0 bridgehead atoms. The van der Waals surface area contributed by atoms with Crippen LogP contribution in [0.5, 0.6) is 5.88 Å². The topological polar surface area (TPSA) is 62.7 Å². The molecule has 7 heteroatoms. The van der Waals surface area contributed by atoms with Crippen LogP contribution in [0.25, 0.3) is 0 Å². The predicted octanol–water partition coefficient (Wildman–Crippen LogP) is 5.19. The molecule has 0 radical (unpaired) electrons. The molecule has 3 fully saturated rings. The molecular formula is C23H35N3O3S. The Morgan fingerprint density at radius 3 is 2.40 bits per heavy atom. The van der Waals surface area contributed by atoms with Crippen LogP contribution in [0.1, 0.15) is 89.0 Å². The van der Waals surface area contributed by atoms with Gasteiger partial charge in [-0.3, -0.25) is 4.79 Å². The Hall–Kier alpha value is -1.63. The number of thiazole rings is 1. The zero-order valence-corrected chi connectivity index (χ0v) is 19.2. The van der Waals surface area contributed by atoms with E-state index < -0.39 is 0 Å². The molecule has 1 aromatic rings. The minimum absolute atomic E-state index is 0.213. The van der Waals surface area contributed by atoms with Gasteiger partial charge in [-0.05, 0) is 44.4 Å². The zero-order chi connectivity index (χ0) is 21.1. The van der Waals surface area contributed by atoms with E-state index in [-0.39, 0.29) is 12.0 Å². The number of likely N-dealkylation sites (tertiary alicyclic amines) is 1. The quantitative estimate of drug-likeness (QED) is 0.619. The fourth-order valence-electron chi connectivity index (χ4n) is 4.81. The second-order valence-electron chi connectivity index (χ2n) is 9.58. The van der Waals surface area contributed by atoms with Crippen LogP contribution in [0.4, 0.5) is 4.79 Å². The van der Waals surface area contributed by atoms with E-state index in [1.54, 1.807) is 11.3 Å². The molecule has 2 heterocycles. The molecule has 1 aliphatic heterocycles. The van der Waals surface area contributed by atoms with E-state index in [2.05, 4.69) is 18.8 Å². The molecule has 6 nitrogen and oxygen atoms in total. The van der Waals surface area contributed by atoms with Crippen LogP contribution in [0, 0.1) is 5.92 Å².